The summed E-state index contributed by atoms with van der Waals surface area (Å²) < 4.78 is 0. The lowest BCUT2D eigenvalue weighted by atomic mass is 10.0. The highest BCUT2D eigenvalue weighted by atomic mass is 16.2. The molecule has 0 unspecified atom stereocenters. The van der Waals surface area contributed by atoms with Gasteiger partial charge in [0.25, 0.3) is 5.91 Å². The van der Waals surface area contributed by atoms with E-state index in [9.17, 15) is 4.79 Å². The summed E-state index contributed by atoms with van der Waals surface area (Å²) in [6.45, 7) is 5.23. The fourth-order valence-electron chi connectivity index (χ4n) is 2.86. The van der Waals surface area contributed by atoms with Gasteiger partial charge in [-0.25, -0.2) is 4.98 Å². The van der Waals surface area contributed by atoms with Crippen molar-refractivity contribution < 1.29 is 4.79 Å². The van der Waals surface area contributed by atoms with Gasteiger partial charge in [-0.3, -0.25) is 4.79 Å². The Morgan fingerprint density at radius 2 is 2.08 bits per heavy atom. The van der Waals surface area contributed by atoms with Crippen LogP contribution in [0.1, 0.15) is 35.5 Å². The van der Waals surface area contributed by atoms with Crippen molar-refractivity contribution in [3.05, 3.63) is 35.3 Å². The summed E-state index contributed by atoms with van der Waals surface area (Å²) in [4.78, 5) is 25.8. The molecule has 1 amide bonds. The first-order valence-corrected chi connectivity index (χ1v) is 8.35. The Balaban J connectivity index is 1.90. The number of anilines is 2. The van der Waals surface area contributed by atoms with Crippen molar-refractivity contribution in [2.45, 2.75) is 32.9 Å². The Kier molecular flexibility index (Phi) is 4.78. The van der Waals surface area contributed by atoms with Crippen LogP contribution in [0.5, 0.6) is 0 Å². The van der Waals surface area contributed by atoms with Gasteiger partial charge in [-0.05, 0) is 19.9 Å². The second kappa shape index (κ2) is 7.00. The molecule has 25 heavy (non-hydrogen) atoms. The second-order valence-electron chi connectivity index (χ2n) is 6.60. The van der Waals surface area contributed by atoms with E-state index in [-0.39, 0.29) is 11.9 Å². The molecule has 0 atom stereocenters. The average Bonchev–Trinajstić information content (AvgIpc) is 2.60. The normalized spacial score (nSPS) is 13.6. The highest BCUT2D eigenvalue weighted by Gasteiger charge is 2.27. The largest absolute Gasteiger partial charge is 0.362 e. The number of hydrogen-bond acceptors (Lipinski definition) is 7. The van der Waals surface area contributed by atoms with Crippen molar-refractivity contribution >= 4 is 17.7 Å². The Labute approximate surface area is 147 Å². The van der Waals surface area contributed by atoms with Crippen LogP contribution in [0, 0.1) is 0 Å². The number of carbonyl (C=O) groups excluding carboxylic acids is 1. The number of rotatable bonds is 4. The molecule has 132 valence electrons. The van der Waals surface area contributed by atoms with Crippen LogP contribution in [-0.2, 0) is 13.0 Å². The maximum atomic E-state index is 12.7. The Hall–Kier alpha value is -2.77. The van der Waals surface area contributed by atoms with Gasteiger partial charge in [0, 0.05) is 38.7 Å². The third-order valence-electron chi connectivity index (χ3n) is 4.00. The molecule has 0 spiro atoms. The quantitative estimate of drug-likeness (QED) is 0.898. The minimum atomic E-state index is -0.0466. The zero-order valence-corrected chi connectivity index (χ0v) is 15.0. The lowest BCUT2D eigenvalue weighted by molar-refractivity contribution is 0.0733. The first-order valence-electron chi connectivity index (χ1n) is 8.35. The van der Waals surface area contributed by atoms with Gasteiger partial charge in [0.15, 0.2) is 0 Å². The topological polar surface area (TPSA) is 87.1 Å². The first kappa shape index (κ1) is 17.1. The first-order chi connectivity index (χ1) is 12.0. The fraction of sp³-hybridized carbons (Fsp3) is 0.471. The molecule has 8 heteroatoms. The van der Waals surface area contributed by atoms with Crippen molar-refractivity contribution in [1.29, 1.82) is 0 Å². The summed E-state index contributed by atoms with van der Waals surface area (Å²) in [5.41, 5.74) is 2.54. The number of aromatic nitrogens is 4. The molecule has 2 aromatic rings. The number of hydrogen-bond donors (Lipinski definition) is 1. The van der Waals surface area contributed by atoms with Gasteiger partial charge < -0.3 is 15.1 Å². The van der Waals surface area contributed by atoms with E-state index in [0.717, 1.165) is 17.1 Å². The molecule has 0 aliphatic carbocycles. The molecular formula is C17H23N7O. The minimum absolute atomic E-state index is 0.0466. The van der Waals surface area contributed by atoms with Gasteiger partial charge in [-0.1, -0.05) is 0 Å². The van der Waals surface area contributed by atoms with Crippen LogP contribution in [-0.4, -0.2) is 57.7 Å². The molecule has 0 saturated heterocycles. The van der Waals surface area contributed by atoms with Gasteiger partial charge >= 0.3 is 0 Å². The molecule has 2 aromatic heterocycles. The van der Waals surface area contributed by atoms with Gasteiger partial charge in [0.1, 0.15) is 5.82 Å². The Morgan fingerprint density at radius 1 is 1.28 bits per heavy atom. The molecule has 3 rings (SSSR count). The summed E-state index contributed by atoms with van der Waals surface area (Å²) in [5, 5.41) is 10.8. The highest BCUT2D eigenvalue weighted by molar-refractivity contribution is 5.94. The van der Waals surface area contributed by atoms with Crippen LogP contribution in [0.3, 0.4) is 0 Å². The van der Waals surface area contributed by atoms with E-state index in [1.165, 1.54) is 12.4 Å². The summed E-state index contributed by atoms with van der Waals surface area (Å²) in [6.07, 6.45) is 3.73. The maximum Gasteiger partial charge on any atom is 0.255 e. The fourth-order valence-corrected chi connectivity index (χ4v) is 2.86. The molecule has 1 aliphatic heterocycles. The standard InChI is InChI=1S/C17H23N7O/c1-11(2)20-17-21-14-6-8-24(10-13(14)15(22-17)23(3)4)16(25)12-5-7-18-19-9-12/h5,7,9,11H,6,8,10H2,1-4H3,(H,20,21,22). The van der Waals surface area contributed by atoms with E-state index in [1.54, 1.807) is 6.07 Å². The van der Waals surface area contributed by atoms with E-state index in [0.29, 0.717) is 31.0 Å². The summed E-state index contributed by atoms with van der Waals surface area (Å²) in [6, 6.07) is 1.94. The molecule has 1 N–H and O–H groups in total. The summed E-state index contributed by atoms with van der Waals surface area (Å²) in [7, 11) is 3.91. The lowest BCUT2D eigenvalue weighted by Crippen LogP contribution is -2.37. The molecule has 8 nitrogen and oxygen atoms in total. The average molecular weight is 341 g/mol. The van der Waals surface area contributed by atoms with E-state index in [2.05, 4.69) is 39.3 Å². The predicted octanol–water partition coefficient (Wildman–Crippen LogP) is 1.35. The summed E-state index contributed by atoms with van der Waals surface area (Å²) >= 11 is 0. The van der Waals surface area contributed by atoms with Crippen LogP contribution in [0.4, 0.5) is 11.8 Å². The Morgan fingerprint density at radius 3 is 2.72 bits per heavy atom. The molecule has 0 fully saturated rings. The smallest absolute Gasteiger partial charge is 0.255 e. The SMILES string of the molecule is CC(C)Nc1nc2c(c(N(C)C)n1)CN(C(=O)c1ccnnc1)CC2. The van der Waals surface area contributed by atoms with Crippen LogP contribution >= 0.6 is 0 Å². The monoisotopic (exact) mass is 341 g/mol. The predicted molar refractivity (Wildman–Crippen MR) is 95.6 cm³/mol. The summed E-state index contributed by atoms with van der Waals surface area (Å²) in [5.74, 6) is 1.43. The van der Waals surface area contributed by atoms with Gasteiger partial charge in [-0.15, -0.1) is 0 Å². The van der Waals surface area contributed by atoms with Gasteiger partial charge in [0.05, 0.1) is 30.2 Å². The maximum absolute atomic E-state index is 12.7. The van der Waals surface area contributed by atoms with Crippen molar-refractivity contribution in [2.24, 2.45) is 0 Å². The van der Waals surface area contributed by atoms with E-state index < -0.39 is 0 Å². The second-order valence-corrected chi connectivity index (χ2v) is 6.60. The Bertz CT molecular complexity index is 761. The zero-order chi connectivity index (χ0) is 18.0. The third kappa shape index (κ3) is 3.67. The molecule has 0 saturated carbocycles. The lowest BCUT2D eigenvalue weighted by Gasteiger charge is -2.31. The van der Waals surface area contributed by atoms with Crippen LogP contribution < -0.4 is 10.2 Å². The minimum Gasteiger partial charge on any atom is -0.362 e. The van der Waals surface area contributed by atoms with Crippen molar-refractivity contribution in [3.63, 3.8) is 0 Å². The molecule has 0 aromatic carbocycles. The molecule has 3 heterocycles. The van der Waals surface area contributed by atoms with E-state index in [4.69, 9.17) is 0 Å². The van der Waals surface area contributed by atoms with Crippen molar-refractivity contribution in [1.82, 2.24) is 25.1 Å². The number of fused-ring (bicyclic) bond motifs is 1. The third-order valence-corrected chi connectivity index (χ3v) is 4.00. The van der Waals surface area contributed by atoms with Gasteiger partial charge in [-0.2, -0.15) is 15.2 Å². The number of nitrogens with zero attached hydrogens (tertiary/aromatic N) is 6. The van der Waals surface area contributed by atoms with E-state index in [1.807, 2.05) is 23.9 Å². The molecule has 0 bridgehead atoms. The number of amides is 1. The van der Waals surface area contributed by atoms with Crippen LogP contribution in [0.15, 0.2) is 18.5 Å². The number of nitrogens with one attached hydrogen (secondary N) is 1. The number of carbonyl (C=O) groups is 1. The van der Waals surface area contributed by atoms with Crippen LogP contribution in [0.25, 0.3) is 0 Å². The molecule has 0 radical (unpaired) electrons. The van der Waals surface area contributed by atoms with Crippen LogP contribution in [0.2, 0.25) is 0 Å². The zero-order valence-electron chi connectivity index (χ0n) is 15.0. The molecule has 1 aliphatic rings. The van der Waals surface area contributed by atoms with Crippen molar-refractivity contribution in [2.75, 3.05) is 30.9 Å². The van der Waals surface area contributed by atoms with E-state index >= 15 is 0 Å². The highest BCUT2D eigenvalue weighted by Crippen LogP contribution is 2.27. The van der Waals surface area contributed by atoms with Crippen molar-refractivity contribution in [3.8, 4) is 0 Å². The molecular weight excluding hydrogens is 318 g/mol. The van der Waals surface area contributed by atoms with Gasteiger partial charge in [0.2, 0.25) is 5.95 Å².